The first kappa shape index (κ1) is 17.1. The first-order chi connectivity index (χ1) is 11.7. The molecular weight excluding hydrogens is 318 g/mol. The maximum absolute atomic E-state index is 12.2. The number of nitrogens with one attached hydrogen (secondary N) is 1. The van der Waals surface area contributed by atoms with E-state index in [-0.39, 0.29) is 5.91 Å². The average Bonchev–Trinajstić information content (AvgIpc) is 3.23. The van der Waals surface area contributed by atoms with Crippen molar-refractivity contribution in [2.75, 3.05) is 32.0 Å². The summed E-state index contributed by atoms with van der Waals surface area (Å²) in [5.41, 5.74) is 3.43. The molecule has 1 saturated heterocycles. The van der Waals surface area contributed by atoms with Gasteiger partial charge in [-0.1, -0.05) is 12.1 Å². The molecular formula is C19H25N3OS. The summed E-state index contributed by atoms with van der Waals surface area (Å²) in [6.07, 6.45) is 2.63. The normalized spacial score (nSPS) is 15.1. The molecule has 0 bridgehead atoms. The molecule has 1 aromatic heterocycles. The molecule has 2 heterocycles. The number of anilines is 1. The van der Waals surface area contributed by atoms with Gasteiger partial charge in [0, 0.05) is 18.8 Å². The summed E-state index contributed by atoms with van der Waals surface area (Å²) in [5.74, 6) is 0.0278. The third kappa shape index (κ3) is 5.16. The van der Waals surface area contributed by atoms with E-state index in [2.05, 4.69) is 39.2 Å². The van der Waals surface area contributed by atoms with Gasteiger partial charge in [-0.25, -0.2) is 0 Å². The van der Waals surface area contributed by atoms with Crippen LogP contribution >= 0.6 is 11.3 Å². The van der Waals surface area contributed by atoms with Gasteiger partial charge in [-0.15, -0.1) is 0 Å². The SMILES string of the molecule is CN(CC(=O)Nc1ccc(CN2CCCC2)cc1)Cc1ccsc1. The van der Waals surface area contributed by atoms with Gasteiger partial charge in [-0.05, 0) is 73.1 Å². The largest absolute Gasteiger partial charge is 0.325 e. The summed E-state index contributed by atoms with van der Waals surface area (Å²) in [7, 11) is 1.97. The predicted molar refractivity (Wildman–Crippen MR) is 100 cm³/mol. The minimum absolute atomic E-state index is 0.0278. The molecule has 4 nitrogen and oxygen atoms in total. The highest BCUT2D eigenvalue weighted by molar-refractivity contribution is 7.07. The van der Waals surface area contributed by atoms with Crippen LogP contribution in [0, 0.1) is 0 Å². The number of nitrogens with zero attached hydrogens (tertiary/aromatic N) is 2. The zero-order chi connectivity index (χ0) is 16.8. The highest BCUT2D eigenvalue weighted by atomic mass is 32.1. The molecule has 3 rings (SSSR count). The molecule has 0 saturated carbocycles. The van der Waals surface area contributed by atoms with Gasteiger partial charge in [-0.2, -0.15) is 11.3 Å². The molecule has 1 aromatic carbocycles. The molecule has 5 heteroatoms. The van der Waals surface area contributed by atoms with Crippen LogP contribution < -0.4 is 5.32 Å². The Bertz CT molecular complexity index is 633. The average molecular weight is 343 g/mol. The zero-order valence-corrected chi connectivity index (χ0v) is 15.0. The lowest BCUT2D eigenvalue weighted by atomic mass is 10.2. The Kier molecular flexibility index (Phi) is 6.01. The van der Waals surface area contributed by atoms with E-state index in [0.29, 0.717) is 6.54 Å². The van der Waals surface area contributed by atoms with Crippen molar-refractivity contribution in [3.8, 4) is 0 Å². The lowest BCUT2D eigenvalue weighted by Gasteiger charge is -2.16. The van der Waals surface area contributed by atoms with Crippen molar-refractivity contribution in [2.24, 2.45) is 0 Å². The second-order valence-corrected chi connectivity index (χ2v) is 7.31. The van der Waals surface area contributed by atoms with E-state index in [1.54, 1.807) is 11.3 Å². The quantitative estimate of drug-likeness (QED) is 0.837. The highest BCUT2D eigenvalue weighted by Gasteiger charge is 2.12. The van der Waals surface area contributed by atoms with E-state index in [1.165, 1.54) is 37.1 Å². The number of hydrogen-bond acceptors (Lipinski definition) is 4. The number of carbonyl (C=O) groups excluding carboxylic acids is 1. The minimum Gasteiger partial charge on any atom is -0.325 e. The van der Waals surface area contributed by atoms with Crippen molar-refractivity contribution in [1.82, 2.24) is 9.80 Å². The first-order valence-electron chi connectivity index (χ1n) is 8.50. The summed E-state index contributed by atoms with van der Waals surface area (Å²) in [6.45, 7) is 4.61. The number of rotatable bonds is 7. The fraction of sp³-hybridized carbons (Fsp3) is 0.421. The van der Waals surface area contributed by atoms with E-state index in [4.69, 9.17) is 0 Å². The molecule has 1 fully saturated rings. The molecule has 1 aliphatic rings. The Balaban J connectivity index is 1.45. The van der Waals surface area contributed by atoms with E-state index < -0.39 is 0 Å². The summed E-state index contributed by atoms with van der Waals surface area (Å²) >= 11 is 1.68. The van der Waals surface area contributed by atoms with Crippen LogP contribution in [0.25, 0.3) is 0 Å². The Morgan fingerprint density at radius 1 is 1.17 bits per heavy atom. The molecule has 0 aliphatic carbocycles. The van der Waals surface area contributed by atoms with Crippen molar-refractivity contribution in [1.29, 1.82) is 0 Å². The number of likely N-dealkylation sites (N-methyl/N-ethyl adjacent to an activating group) is 1. The fourth-order valence-electron chi connectivity index (χ4n) is 3.09. The van der Waals surface area contributed by atoms with Crippen LogP contribution in [-0.4, -0.2) is 42.4 Å². The van der Waals surface area contributed by atoms with Crippen LogP contribution in [0.5, 0.6) is 0 Å². The van der Waals surface area contributed by atoms with Crippen LogP contribution in [-0.2, 0) is 17.9 Å². The van der Waals surface area contributed by atoms with Gasteiger partial charge in [-0.3, -0.25) is 14.6 Å². The fourth-order valence-corrected chi connectivity index (χ4v) is 3.75. The van der Waals surface area contributed by atoms with Crippen LogP contribution in [0.4, 0.5) is 5.69 Å². The zero-order valence-electron chi connectivity index (χ0n) is 14.2. The van der Waals surface area contributed by atoms with Crippen molar-refractivity contribution >= 4 is 22.9 Å². The third-order valence-electron chi connectivity index (χ3n) is 4.29. The molecule has 1 amide bonds. The van der Waals surface area contributed by atoms with Crippen LogP contribution in [0.2, 0.25) is 0 Å². The summed E-state index contributed by atoms with van der Waals surface area (Å²) in [6, 6.07) is 10.3. The molecule has 24 heavy (non-hydrogen) atoms. The standard InChI is InChI=1S/C19H25N3OS/c1-21(12-17-8-11-24-15-17)14-19(23)20-18-6-4-16(5-7-18)13-22-9-2-3-10-22/h4-8,11,15H,2-3,9-10,12-14H2,1H3,(H,20,23). The lowest BCUT2D eigenvalue weighted by molar-refractivity contribution is -0.117. The molecule has 2 aromatic rings. The summed E-state index contributed by atoms with van der Waals surface area (Å²) < 4.78 is 0. The monoisotopic (exact) mass is 343 g/mol. The number of thiophene rings is 1. The summed E-state index contributed by atoms with van der Waals surface area (Å²) in [4.78, 5) is 16.7. The molecule has 0 atom stereocenters. The predicted octanol–water partition coefficient (Wildman–Crippen LogP) is 3.41. The molecule has 0 spiro atoms. The molecule has 0 unspecified atom stereocenters. The topological polar surface area (TPSA) is 35.6 Å². The maximum Gasteiger partial charge on any atom is 0.238 e. The van der Waals surface area contributed by atoms with Crippen LogP contribution in [0.3, 0.4) is 0 Å². The number of likely N-dealkylation sites (tertiary alicyclic amines) is 1. The van der Waals surface area contributed by atoms with Gasteiger partial charge in [0.15, 0.2) is 0 Å². The highest BCUT2D eigenvalue weighted by Crippen LogP contribution is 2.15. The van der Waals surface area contributed by atoms with Crippen LogP contribution in [0.1, 0.15) is 24.0 Å². The van der Waals surface area contributed by atoms with Gasteiger partial charge < -0.3 is 5.32 Å². The third-order valence-corrected chi connectivity index (χ3v) is 5.02. The molecule has 1 N–H and O–H groups in total. The Morgan fingerprint density at radius 2 is 1.92 bits per heavy atom. The maximum atomic E-state index is 12.2. The number of carbonyl (C=O) groups is 1. The Hall–Kier alpha value is -1.69. The second kappa shape index (κ2) is 8.42. The van der Waals surface area contributed by atoms with E-state index in [1.807, 2.05) is 24.1 Å². The van der Waals surface area contributed by atoms with Crippen molar-refractivity contribution in [3.05, 3.63) is 52.2 Å². The first-order valence-corrected chi connectivity index (χ1v) is 9.44. The second-order valence-electron chi connectivity index (χ2n) is 6.53. The molecule has 128 valence electrons. The number of hydrogen-bond donors (Lipinski definition) is 1. The number of amides is 1. The van der Waals surface area contributed by atoms with E-state index in [9.17, 15) is 4.79 Å². The molecule has 1 aliphatic heterocycles. The lowest BCUT2D eigenvalue weighted by Crippen LogP contribution is -2.29. The molecule has 0 radical (unpaired) electrons. The smallest absolute Gasteiger partial charge is 0.238 e. The van der Waals surface area contributed by atoms with Crippen molar-refractivity contribution < 1.29 is 4.79 Å². The van der Waals surface area contributed by atoms with Crippen molar-refractivity contribution in [2.45, 2.75) is 25.9 Å². The van der Waals surface area contributed by atoms with Gasteiger partial charge in [0.2, 0.25) is 5.91 Å². The van der Waals surface area contributed by atoms with Crippen LogP contribution in [0.15, 0.2) is 41.1 Å². The van der Waals surface area contributed by atoms with Crippen molar-refractivity contribution in [3.63, 3.8) is 0 Å². The Labute approximate surface area is 148 Å². The van der Waals surface area contributed by atoms with Gasteiger partial charge in [0.1, 0.15) is 0 Å². The summed E-state index contributed by atoms with van der Waals surface area (Å²) in [5, 5.41) is 7.16. The van der Waals surface area contributed by atoms with Gasteiger partial charge >= 0.3 is 0 Å². The van der Waals surface area contributed by atoms with E-state index in [0.717, 1.165) is 18.8 Å². The van der Waals surface area contributed by atoms with E-state index >= 15 is 0 Å². The Morgan fingerprint density at radius 3 is 2.58 bits per heavy atom. The minimum atomic E-state index is 0.0278. The number of benzene rings is 1. The van der Waals surface area contributed by atoms with Gasteiger partial charge in [0.25, 0.3) is 0 Å². The van der Waals surface area contributed by atoms with Gasteiger partial charge in [0.05, 0.1) is 6.54 Å².